The predicted molar refractivity (Wildman–Crippen MR) is 170 cm³/mol. The molecule has 2 saturated heterocycles. The maximum Gasteiger partial charge on any atom is 0.471 e. The zero-order valence-corrected chi connectivity index (χ0v) is 26.6. The van der Waals surface area contributed by atoms with Crippen molar-refractivity contribution in [1.82, 2.24) is 4.90 Å². The van der Waals surface area contributed by atoms with E-state index in [9.17, 15) is 32.7 Å². The van der Waals surface area contributed by atoms with Gasteiger partial charge in [0.25, 0.3) is 0 Å². The van der Waals surface area contributed by atoms with Crippen molar-refractivity contribution >= 4 is 40.9 Å². The van der Waals surface area contributed by atoms with Crippen molar-refractivity contribution in [3.63, 3.8) is 0 Å². The number of aliphatic hydroxyl groups excluding tert-OH is 1. The number of benzene rings is 3. The number of hydrogen-bond donors (Lipinski definition) is 3. The number of rotatable bonds is 9. The number of nitrogens with zero attached hydrogens (tertiary/aromatic N) is 1. The number of likely N-dealkylation sites (tertiary alicyclic amines) is 1. The molecule has 0 spiro atoms. The normalized spacial score (nSPS) is 22.9. The number of ether oxygens (including phenoxy) is 2. The van der Waals surface area contributed by atoms with Crippen LogP contribution in [0.4, 0.5) is 24.5 Å². The predicted octanol–water partition coefficient (Wildman–Crippen LogP) is 6.21. The summed E-state index contributed by atoms with van der Waals surface area (Å²) >= 11 is 1.59. The van der Waals surface area contributed by atoms with Gasteiger partial charge in [-0.05, 0) is 60.4 Å². The molecule has 3 aromatic rings. The van der Waals surface area contributed by atoms with Gasteiger partial charge < -0.3 is 30.1 Å². The summed E-state index contributed by atoms with van der Waals surface area (Å²) in [6, 6.07) is 20.5. The van der Waals surface area contributed by atoms with Crippen molar-refractivity contribution in [2.24, 2.45) is 5.92 Å². The third-order valence-corrected chi connectivity index (χ3v) is 9.30. The zero-order valence-electron chi connectivity index (χ0n) is 25.8. The minimum Gasteiger partial charge on any atom is -0.392 e. The Labute approximate surface area is 274 Å². The largest absolute Gasteiger partial charge is 0.471 e. The van der Waals surface area contributed by atoms with Gasteiger partial charge in [-0.1, -0.05) is 43.3 Å². The van der Waals surface area contributed by atoms with E-state index in [0.29, 0.717) is 34.0 Å². The molecule has 0 aliphatic carbocycles. The summed E-state index contributed by atoms with van der Waals surface area (Å²) in [5, 5.41) is 14.9. The average Bonchev–Trinajstić information content (AvgIpc) is 3.54. The number of amides is 3. The molecule has 3 N–H and O–H groups in total. The van der Waals surface area contributed by atoms with E-state index in [1.54, 1.807) is 36.0 Å². The molecule has 3 amide bonds. The Morgan fingerprint density at radius 3 is 2.34 bits per heavy atom. The standard InChI is InChI=1S/C34H36F3N3O6S/c1-20-29(19-47-27-14-12-25(13-15-27)38-21(2)42)45-32(46-30(20)23-10-8-22(18-41)9-11-23)24-5-3-6-26(17-24)39-31(43)28-7-4-16-40(28)33(44)34(35,36)37/h3,5-6,8-15,17,20,28-30,32,41H,4,7,16,18-19H2,1-2H3,(H,38,42)(H,39,43)/t20-,28-,29+,30+,32+/m0/s1. The first-order valence-corrected chi connectivity index (χ1v) is 16.2. The molecule has 13 heteroatoms. The Morgan fingerprint density at radius 2 is 1.68 bits per heavy atom. The van der Waals surface area contributed by atoms with Gasteiger partial charge >= 0.3 is 12.1 Å². The lowest BCUT2D eigenvalue weighted by Gasteiger charge is -2.41. The molecule has 2 heterocycles. The fourth-order valence-corrected chi connectivity index (χ4v) is 6.83. The molecule has 0 radical (unpaired) electrons. The number of halogens is 3. The maximum atomic E-state index is 13.1. The number of nitrogens with one attached hydrogen (secondary N) is 2. The molecule has 3 aromatic carbocycles. The minimum atomic E-state index is -5.06. The Kier molecular flexibility index (Phi) is 10.9. The molecule has 47 heavy (non-hydrogen) atoms. The molecule has 5 rings (SSSR count). The van der Waals surface area contributed by atoms with Crippen molar-refractivity contribution in [3.8, 4) is 0 Å². The number of carbonyl (C=O) groups is 3. The number of hydrogen-bond acceptors (Lipinski definition) is 7. The second-order valence-corrected chi connectivity index (χ2v) is 12.7. The number of carbonyl (C=O) groups excluding carboxylic acids is 3. The van der Waals surface area contributed by atoms with Gasteiger partial charge in [0, 0.05) is 47.0 Å². The highest BCUT2D eigenvalue weighted by Crippen LogP contribution is 2.43. The Hall–Kier alpha value is -3.91. The molecular formula is C34H36F3N3O6S. The molecule has 5 atom stereocenters. The second-order valence-electron chi connectivity index (χ2n) is 11.6. The highest BCUT2D eigenvalue weighted by atomic mass is 32.2. The van der Waals surface area contributed by atoms with E-state index in [2.05, 4.69) is 10.6 Å². The highest BCUT2D eigenvalue weighted by Gasteiger charge is 2.47. The van der Waals surface area contributed by atoms with E-state index < -0.39 is 30.3 Å². The Balaban J connectivity index is 1.34. The van der Waals surface area contributed by atoms with Crippen LogP contribution in [-0.2, 0) is 30.5 Å². The minimum absolute atomic E-state index is 0.0835. The van der Waals surface area contributed by atoms with Crippen LogP contribution in [0.1, 0.15) is 55.8 Å². The van der Waals surface area contributed by atoms with Crippen LogP contribution in [-0.4, -0.2) is 58.3 Å². The van der Waals surface area contributed by atoms with Gasteiger partial charge in [0.15, 0.2) is 6.29 Å². The van der Waals surface area contributed by atoms with Crippen molar-refractivity contribution in [2.75, 3.05) is 22.9 Å². The van der Waals surface area contributed by atoms with E-state index in [1.807, 2.05) is 55.5 Å². The van der Waals surface area contributed by atoms with Gasteiger partial charge in [0.1, 0.15) is 6.04 Å². The topological polar surface area (TPSA) is 117 Å². The van der Waals surface area contributed by atoms with Crippen molar-refractivity contribution in [1.29, 1.82) is 0 Å². The highest BCUT2D eigenvalue weighted by molar-refractivity contribution is 7.99. The second kappa shape index (κ2) is 14.9. The number of alkyl halides is 3. The monoisotopic (exact) mass is 671 g/mol. The first kappa shape index (κ1) is 34.4. The average molecular weight is 672 g/mol. The van der Waals surface area contributed by atoms with Crippen LogP contribution < -0.4 is 10.6 Å². The van der Waals surface area contributed by atoms with Crippen molar-refractivity contribution in [2.45, 2.75) is 68.9 Å². The lowest BCUT2D eigenvalue weighted by molar-refractivity contribution is -0.268. The van der Waals surface area contributed by atoms with Crippen molar-refractivity contribution in [3.05, 3.63) is 89.5 Å². The quantitative estimate of drug-likeness (QED) is 0.232. The number of anilines is 2. The SMILES string of the molecule is CC(=O)Nc1ccc(SC[C@H]2O[C@@H](c3cccc(NC(=O)[C@@H]4CCCN4C(=O)C(F)(F)F)c3)O[C@@H](c3ccc(CO)cc3)[C@H]2C)cc1. The summed E-state index contributed by atoms with van der Waals surface area (Å²) in [5.74, 6) is -2.38. The van der Waals surface area contributed by atoms with Gasteiger partial charge in [0.2, 0.25) is 11.8 Å². The van der Waals surface area contributed by atoms with Crippen LogP contribution in [0.3, 0.4) is 0 Å². The van der Waals surface area contributed by atoms with E-state index in [1.165, 1.54) is 6.92 Å². The zero-order chi connectivity index (χ0) is 33.7. The lowest BCUT2D eigenvalue weighted by atomic mass is 9.91. The fourth-order valence-electron chi connectivity index (χ4n) is 5.76. The molecule has 0 unspecified atom stereocenters. The summed E-state index contributed by atoms with van der Waals surface area (Å²) in [5.41, 5.74) is 3.29. The molecule has 0 saturated carbocycles. The lowest BCUT2D eigenvalue weighted by Crippen LogP contribution is -2.48. The smallest absolute Gasteiger partial charge is 0.392 e. The third kappa shape index (κ3) is 8.52. The van der Waals surface area contributed by atoms with Gasteiger partial charge in [-0.25, -0.2) is 0 Å². The van der Waals surface area contributed by atoms with Crippen LogP contribution >= 0.6 is 11.8 Å². The first-order valence-electron chi connectivity index (χ1n) is 15.2. The van der Waals surface area contributed by atoms with E-state index >= 15 is 0 Å². The number of thioether (sulfide) groups is 1. The number of aliphatic hydroxyl groups is 1. The summed E-state index contributed by atoms with van der Waals surface area (Å²) in [7, 11) is 0. The molecule has 2 aliphatic rings. The molecular weight excluding hydrogens is 635 g/mol. The van der Waals surface area contributed by atoms with Crippen LogP contribution in [0.2, 0.25) is 0 Å². The van der Waals surface area contributed by atoms with Gasteiger partial charge in [-0.15, -0.1) is 11.8 Å². The fraction of sp³-hybridized carbons (Fsp3) is 0.382. The molecule has 0 aromatic heterocycles. The summed E-state index contributed by atoms with van der Waals surface area (Å²) < 4.78 is 52.3. The molecule has 2 fully saturated rings. The van der Waals surface area contributed by atoms with Gasteiger partial charge in [-0.3, -0.25) is 14.4 Å². The van der Waals surface area contributed by atoms with Gasteiger partial charge in [0.05, 0.1) is 18.8 Å². The van der Waals surface area contributed by atoms with Crippen LogP contribution in [0, 0.1) is 5.92 Å². The molecule has 0 bridgehead atoms. The first-order chi connectivity index (χ1) is 22.4. The Morgan fingerprint density at radius 1 is 0.957 bits per heavy atom. The summed E-state index contributed by atoms with van der Waals surface area (Å²) in [4.78, 5) is 37.9. The molecule has 9 nitrogen and oxygen atoms in total. The van der Waals surface area contributed by atoms with E-state index in [-0.39, 0.29) is 43.6 Å². The summed E-state index contributed by atoms with van der Waals surface area (Å²) in [6.07, 6.45) is -6.14. The van der Waals surface area contributed by atoms with Gasteiger partial charge in [-0.2, -0.15) is 13.2 Å². The van der Waals surface area contributed by atoms with E-state index in [4.69, 9.17) is 9.47 Å². The summed E-state index contributed by atoms with van der Waals surface area (Å²) in [6.45, 7) is 3.26. The Bertz CT molecular complexity index is 1570. The maximum absolute atomic E-state index is 13.1. The van der Waals surface area contributed by atoms with Crippen molar-refractivity contribution < 1.29 is 42.1 Å². The van der Waals surface area contributed by atoms with E-state index in [0.717, 1.165) is 16.0 Å². The van der Waals surface area contributed by atoms with Crippen LogP contribution in [0.15, 0.2) is 77.7 Å². The third-order valence-electron chi connectivity index (χ3n) is 8.20. The van der Waals surface area contributed by atoms with Crippen LogP contribution in [0.25, 0.3) is 0 Å². The van der Waals surface area contributed by atoms with Crippen LogP contribution in [0.5, 0.6) is 0 Å². The molecule has 2 aliphatic heterocycles. The molecule has 250 valence electrons.